The lowest BCUT2D eigenvalue weighted by Gasteiger charge is -2.12. The lowest BCUT2D eigenvalue weighted by Crippen LogP contribution is -2.38. The number of hydrogen-bond acceptors (Lipinski definition) is 3. The highest BCUT2D eigenvalue weighted by molar-refractivity contribution is 8.00. The van der Waals surface area contributed by atoms with Gasteiger partial charge in [-0.2, -0.15) is 16.9 Å². The third-order valence-electron chi connectivity index (χ3n) is 4.18. The summed E-state index contributed by atoms with van der Waals surface area (Å²) in [6, 6.07) is 10.2. The maximum atomic E-state index is 4.73. The SMILES string of the molecule is CCNC(=NCC1CCCS1)NCCc1cnn(-c2ccccc2)c1. The Balaban J connectivity index is 1.48. The number of thioether (sulfide) groups is 1. The molecule has 0 aliphatic carbocycles. The van der Waals surface area contributed by atoms with Crippen molar-refractivity contribution in [3.63, 3.8) is 0 Å². The van der Waals surface area contributed by atoms with E-state index < -0.39 is 0 Å². The predicted molar refractivity (Wildman–Crippen MR) is 107 cm³/mol. The fourth-order valence-corrected chi connectivity index (χ4v) is 4.04. The maximum absolute atomic E-state index is 4.73. The van der Waals surface area contributed by atoms with Crippen molar-refractivity contribution in [3.05, 3.63) is 48.3 Å². The highest BCUT2D eigenvalue weighted by Crippen LogP contribution is 2.25. The van der Waals surface area contributed by atoms with Crippen LogP contribution in [0.15, 0.2) is 47.7 Å². The molecular weight excluding hydrogens is 330 g/mol. The smallest absolute Gasteiger partial charge is 0.191 e. The Morgan fingerprint density at radius 3 is 2.96 bits per heavy atom. The first kappa shape index (κ1) is 17.9. The first-order valence-corrected chi connectivity index (χ1v) is 10.1. The lowest BCUT2D eigenvalue weighted by atomic mass is 10.2. The minimum Gasteiger partial charge on any atom is -0.357 e. The topological polar surface area (TPSA) is 54.2 Å². The van der Waals surface area contributed by atoms with Crippen molar-refractivity contribution in [1.29, 1.82) is 0 Å². The molecule has 1 atom stereocenters. The Kier molecular flexibility index (Phi) is 6.79. The second-order valence-corrected chi connectivity index (χ2v) is 7.57. The minimum atomic E-state index is 0.694. The van der Waals surface area contributed by atoms with Crippen molar-refractivity contribution < 1.29 is 0 Å². The average Bonchev–Trinajstić information content (AvgIpc) is 3.32. The second-order valence-electron chi connectivity index (χ2n) is 6.16. The zero-order valence-electron chi connectivity index (χ0n) is 14.8. The van der Waals surface area contributed by atoms with E-state index in [0.717, 1.165) is 37.7 Å². The lowest BCUT2D eigenvalue weighted by molar-refractivity contribution is 0.760. The van der Waals surface area contributed by atoms with Gasteiger partial charge in [-0.1, -0.05) is 18.2 Å². The predicted octanol–water partition coefficient (Wildman–Crippen LogP) is 2.87. The van der Waals surface area contributed by atoms with Crippen molar-refractivity contribution in [2.45, 2.75) is 31.4 Å². The highest BCUT2D eigenvalue weighted by Gasteiger charge is 2.14. The molecule has 5 nitrogen and oxygen atoms in total. The number of hydrogen-bond donors (Lipinski definition) is 2. The molecule has 1 unspecified atom stereocenters. The first-order valence-electron chi connectivity index (χ1n) is 9.08. The van der Waals surface area contributed by atoms with Crippen LogP contribution in [-0.2, 0) is 6.42 Å². The molecule has 2 N–H and O–H groups in total. The molecule has 1 aromatic heterocycles. The van der Waals surface area contributed by atoms with E-state index in [4.69, 9.17) is 4.99 Å². The van der Waals surface area contributed by atoms with Gasteiger partial charge in [0.1, 0.15) is 0 Å². The summed E-state index contributed by atoms with van der Waals surface area (Å²) in [4.78, 5) is 4.73. The molecule has 25 heavy (non-hydrogen) atoms. The van der Waals surface area contributed by atoms with Gasteiger partial charge in [-0.25, -0.2) is 4.68 Å². The summed E-state index contributed by atoms with van der Waals surface area (Å²) in [5, 5.41) is 11.9. The number of aliphatic imine (C=N–C) groups is 1. The Morgan fingerprint density at radius 1 is 1.32 bits per heavy atom. The highest BCUT2D eigenvalue weighted by atomic mass is 32.2. The molecule has 1 aliphatic rings. The molecule has 1 fully saturated rings. The van der Waals surface area contributed by atoms with Gasteiger partial charge in [0.2, 0.25) is 0 Å². The minimum absolute atomic E-state index is 0.694. The number of rotatable bonds is 7. The zero-order valence-corrected chi connectivity index (χ0v) is 15.6. The Morgan fingerprint density at radius 2 is 2.20 bits per heavy atom. The van der Waals surface area contributed by atoms with E-state index in [1.54, 1.807) is 0 Å². The van der Waals surface area contributed by atoms with Gasteiger partial charge < -0.3 is 10.6 Å². The van der Waals surface area contributed by atoms with Gasteiger partial charge in [0, 0.05) is 24.5 Å². The molecule has 3 rings (SSSR count). The van der Waals surface area contributed by atoms with Crippen LogP contribution in [0.25, 0.3) is 5.69 Å². The molecule has 1 aromatic carbocycles. The molecule has 1 aliphatic heterocycles. The van der Waals surface area contributed by atoms with Crippen molar-refractivity contribution in [2.75, 3.05) is 25.4 Å². The molecule has 0 radical (unpaired) electrons. The number of para-hydroxylation sites is 1. The standard InChI is InChI=1S/C19H27N5S/c1-2-20-19(22-14-18-9-6-12-25-18)21-11-10-16-13-23-24(15-16)17-7-4-3-5-8-17/h3-5,7-8,13,15,18H,2,6,9-12,14H2,1H3,(H2,20,21,22). The summed E-state index contributed by atoms with van der Waals surface area (Å²) in [5.74, 6) is 2.21. The van der Waals surface area contributed by atoms with E-state index in [9.17, 15) is 0 Å². The third-order valence-corrected chi connectivity index (χ3v) is 5.56. The van der Waals surface area contributed by atoms with Gasteiger partial charge in [0.05, 0.1) is 18.4 Å². The molecule has 0 spiro atoms. The fraction of sp³-hybridized carbons (Fsp3) is 0.474. The number of aromatic nitrogens is 2. The number of guanidine groups is 1. The Labute approximate surface area is 154 Å². The van der Waals surface area contributed by atoms with Crippen LogP contribution in [0, 0.1) is 0 Å². The van der Waals surface area contributed by atoms with Crippen LogP contribution in [0.5, 0.6) is 0 Å². The zero-order chi connectivity index (χ0) is 17.3. The van der Waals surface area contributed by atoms with Crippen LogP contribution in [0.4, 0.5) is 0 Å². The quantitative estimate of drug-likeness (QED) is 0.591. The van der Waals surface area contributed by atoms with Gasteiger partial charge in [-0.05, 0) is 49.6 Å². The van der Waals surface area contributed by atoms with Crippen molar-refractivity contribution in [3.8, 4) is 5.69 Å². The van der Waals surface area contributed by atoms with Crippen LogP contribution in [0.3, 0.4) is 0 Å². The largest absolute Gasteiger partial charge is 0.357 e. The molecule has 134 valence electrons. The Bertz CT molecular complexity index is 661. The van der Waals surface area contributed by atoms with Crippen molar-refractivity contribution in [2.24, 2.45) is 4.99 Å². The average molecular weight is 358 g/mol. The second kappa shape index (κ2) is 9.51. The van der Waals surface area contributed by atoms with Crippen molar-refractivity contribution >= 4 is 17.7 Å². The molecule has 0 saturated carbocycles. The molecule has 0 amide bonds. The van der Waals surface area contributed by atoms with E-state index in [-0.39, 0.29) is 0 Å². The molecular formula is C19H27N5S. The Hall–Kier alpha value is -1.95. The summed E-state index contributed by atoms with van der Waals surface area (Å²) in [5.41, 5.74) is 2.31. The van der Waals surface area contributed by atoms with Crippen LogP contribution in [0.1, 0.15) is 25.3 Å². The van der Waals surface area contributed by atoms with Gasteiger partial charge in [0.15, 0.2) is 5.96 Å². The summed E-state index contributed by atoms with van der Waals surface area (Å²) in [7, 11) is 0. The normalized spacial score (nSPS) is 17.6. The van der Waals surface area contributed by atoms with E-state index in [2.05, 4.69) is 52.7 Å². The number of nitrogens with zero attached hydrogens (tertiary/aromatic N) is 3. The first-order chi connectivity index (χ1) is 12.3. The fourth-order valence-electron chi connectivity index (χ4n) is 2.86. The van der Waals surface area contributed by atoms with E-state index in [1.807, 2.05) is 29.1 Å². The summed E-state index contributed by atoms with van der Waals surface area (Å²) in [6.07, 6.45) is 7.59. The van der Waals surface area contributed by atoms with E-state index in [1.165, 1.54) is 24.2 Å². The summed E-state index contributed by atoms with van der Waals surface area (Å²) >= 11 is 2.05. The van der Waals surface area contributed by atoms with Crippen LogP contribution >= 0.6 is 11.8 Å². The summed E-state index contributed by atoms with van der Waals surface area (Å²) in [6.45, 7) is 4.75. The van der Waals surface area contributed by atoms with E-state index in [0.29, 0.717) is 5.25 Å². The summed E-state index contributed by atoms with van der Waals surface area (Å²) < 4.78 is 1.92. The molecule has 1 saturated heterocycles. The number of nitrogens with one attached hydrogen (secondary N) is 2. The van der Waals surface area contributed by atoms with Crippen LogP contribution < -0.4 is 10.6 Å². The molecule has 6 heteroatoms. The van der Waals surface area contributed by atoms with E-state index >= 15 is 0 Å². The van der Waals surface area contributed by atoms with Crippen molar-refractivity contribution in [1.82, 2.24) is 20.4 Å². The monoisotopic (exact) mass is 357 g/mol. The van der Waals surface area contributed by atoms with Crippen LogP contribution in [0.2, 0.25) is 0 Å². The molecule has 2 heterocycles. The van der Waals surface area contributed by atoms with Gasteiger partial charge in [-0.3, -0.25) is 4.99 Å². The third kappa shape index (κ3) is 5.53. The van der Waals surface area contributed by atoms with Gasteiger partial charge in [-0.15, -0.1) is 0 Å². The van der Waals surface area contributed by atoms with Crippen LogP contribution in [-0.4, -0.2) is 46.4 Å². The maximum Gasteiger partial charge on any atom is 0.191 e. The molecule has 0 bridgehead atoms. The number of benzene rings is 1. The van der Waals surface area contributed by atoms with Gasteiger partial charge in [0.25, 0.3) is 0 Å². The molecule has 2 aromatic rings. The van der Waals surface area contributed by atoms with Gasteiger partial charge >= 0.3 is 0 Å².